The zero-order chi connectivity index (χ0) is 10.8. The van der Waals surface area contributed by atoms with Crippen LogP contribution in [0.3, 0.4) is 0 Å². The fraction of sp³-hybridized carbons (Fsp3) is 0.273. The van der Waals surface area contributed by atoms with Crippen molar-refractivity contribution in [2.75, 3.05) is 0 Å². The largest absolute Gasteiger partial charge is 0.329 e. The number of carbonyl (C=O) groups is 1. The molecule has 1 aromatic heterocycles. The number of nitrogens with zero attached hydrogens (tertiary/aromatic N) is 1. The topological polar surface area (TPSA) is 42.0 Å². The second-order valence-electron chi connectivity index (χ2n) is 3.60. The van der Waals surface area contributed by atoms with E-state index in [0.29, 0.717) is 5.56 Å². The van der Waals surface area contributed by atoms with E-state index < -0.39 is 0 Å². The van der Waals surface area contributed by atoms with Crippen LogP contribution in [0, 0.1) is 0 Å². The molecule has 1 atom stereocenters. The van der Waals surface area contributed by atoms with Gasteiger partial charge in [-0.25, -0.2) is 0 Å². The van der Waals surface area contributed by atoms with Gasteiger partial charge in [-0.2, -0.15) is 0 Å². The number of amides is 1. The molecule has 78 valence electrons. The van der Waals surface area contributed by atoms with E-state index in [-0.39, 0.29) is 11.8 Å². The SMILES string of the molecule is CC1C/C=C/NC(=O)c2cc(Br)cnc21. The predicted molar refractivity (Wildman–Crippen MR) is 61.6 cm³/mol. The number of allylic oxidation sites excluding steroid dienone is 1. The summed E-state index contributed by atoms with van der Waals surface area (Å²) in [6, 6.07) is 1.81. The highest BCUT2D eigenvalue weighted by Crippen LogP contribution is 2.24. The maximum Gasteiger partial charge on any atom is 0.257 e. The van der Waals surface area contributed by atoms with E-state index in [2.05, 4.69) is 33.2 Å². The Morgan fingerprint density at radius 1 is 1.60 bits per heavy atom. The van der Waals surface area contributed by atoms with Crippen LogP contribution in [0.5, 0.6) is 0 Å². The molecule has 1 aliphatic rings. The van der Waals surface area contributed by atoms with Gasteiger partial charge in [0.05, 0.1) is 11.3 Å². The molecule has 0 spiro atoms. The molecule has 2 rings (SSSR count). The standard InChI is InChI=1S/C11H11BrN2O/c1-7-3-2-4-13-11(15)9-5-8(12)6-14-10(7)9/h2,4-7H,3H2,1H3,(H,13,15)/b4-2+. The van der Waals surface area contributed by atoms with Gasteiger partial charge in [0.2, 0.25) is 0 Å². The fourth-order valence-electron chi connectivity index (χ4n) is 1.62. The Morgan fingerprint density at radius 2 is 2.40 bits per heavy atom. The lowest BCUT2D eigenvalue weighted by Gasteiger charge is -2.15. The second kappa shape index (κ2) is 4.14. The van der Waals surface area contributed by atoms with Gasteiger partial charge in [-0.1, -0.05) is 13.0 Å². The van der Waals surface area contributed by atoms with Gasteiger partial charge >= 0.3 is 0 Å². The molecule has 0 aromatic carbocycles. The summed E-state index contributed by atoms with van der Waals surface area (Å²) in [4.78, 5) is 16.0. The number of hydrogen-bond acceptors (Lipinski definition) is 2. The van der Waals surface area contributed by atoms with E-state index in [9.17, 15) is 4.79 Å². The van der Waals surface area contributed by atoms with Crippen molar-refractivity contribution in [1.29, 1.82) is 0 Å². The lowest BCUT2D eigenvalue weighted by molar-refractivity contribution is 0.0967. The quantitative estimate of drug-likeness (QED) is 0.785. The first-order valence-electron chi connectivity index (χ1n) is 4.80. The van der Waals surface area contributed by atoms with Crippen molar-refractivity contribution in [3.63, 3.8) is 0 Å². The van der Waals surface area contributed by atoms with Crippen molar-refractivity contribution in [3.05, 3.63) is 40.3 Å². The Hall–Kier alpha value is -1.16. The van der Waals surface area contributed by atoms with Gasteiger partial charge < -0.3 is 5.32 Å². The van der Waals surface area contributed by atoms with Crippen molar-refractivity contribution >= 4 is 21.8 Å². The number of carbonyl (C=O) groups excluding carboxylic acids is 1. The predicted octanol–water partition coefficient (Wildman–Crippen LogP) is 2.59. The average Bonchev–Trinajstić information content (AvgIpc) is 2.22. The van der Waals surface area contributed by atoms with Gasteiger partial charge in [0, 0.05) is 22.8 Å². The molecule has 1 aliphatic heterocycles. The monoisotopic (exact) mass is 266 g/mol. The Balaban J connectivity index is 2.53. The molecule has 0 saturated carbocycles. The summed E-state index contributed by atoms with van der Waals surface area (Å²) in [7, 11) is 0. The third-order valence-corrected chi connectivity index (χ3v) is 2.85. The van der Waals surface area contributed by atoms with E-state index >= 15 is 0 Å². The molecule has 2 heterocycles. The normalized spacial score (nSPS) is 22.3. The molecule has 1 N–H and O–H groups in total. The molecule has 1 amide bonds. The van der Waals surface area contributed by atoms with Crippen LogP contribution in [0.4, 0.5) is 0 Å². The van der Waals surface area contributed by atoms with Gasteiger partial charge in [0.25, 0.3) is 5.91 Å². The third-order valence-electron chi connectivity index (χ3n) is 2.42. The molecule has 1 unspecified atom stereocenters. The van der Waals surface area contributed by atoms with Gasteiger partial charge in [0.15, 0.2) is 0 Å². The van der Waals surface area contributed by atoms with Crippen LogP contribution in [0.25, 0.3) is 0 Å². The molecule has 0 saturated heterocycles. The number of rotatable bonds is 0. The summed E-state index contributed by atoms with van der Waals surface area (Å²) in [5.74, 6) is 0.178. The molecule has 0 radical (unpaired) electrons. The summed E-state index contributed by atoms with van der Waals surface area (Å²) < 4.78 is 0.827. The first kappa shape index (κ1) is 10.4. The fourth-order valence-corrected chi connectivity index (χ4v) is 1.95. The van der Waals surface area contributed by atoms with Gasteiger partial charge in [-0.05, 0) is 28.4 Å². The number of pyridine rings is 1. The first-order chi connectivity index (χ1) is 7.18. The lowest BCUT2D eigenvalue weighted by atomic mass is 9.97. The summed E-state index contributed by atoms with van der Waals surface area (Å²) in [6.45, 7) is 2.07. The van der Waals surface area contributed by atoms with E-state index in [1.807, 2.05) is 12.1 Å². The number of aromatic nitrogens is 1. The maximum absolute atomic E-state index is 11.7. The van der Waals surface area contributed by atoms with Gasteiger partial charge in [-0.15, -0.1) is 0 Å². The summed E-state index contributed by atoms with van der Waals surface area (Å²) in [5, 5.41) is 2.71. The van der Waals surface area contributed by atoms with E-state index in [0.717, 1.165) is 16.6 Å². The minimum atomic E-state index is -0.0957. The average molecular weight is 267 g/mol. The molecular weight excluding hydrogens is 256 g/mol. The zero-order valence-corrected chi connectivity index (χ0v) is 9.91. The molecule has 0 fully saturated rings. The molecule has 1 aromatic rings. The smallest absolute Gasteiger partial charge is 0.257 e. The molecule has 4 heteroatoms. The lowest BCUT2D eigenvalue weighted by Crippen LogP contribution is -2.22. The molecule has 15 heavy (non-hydrogen) atoms. The van der Waals surface area contributed by atoms with Crippen molar-refractivity contribution in [2.45, 2.75) is 19.3 Å². The van der Waals surface area contributed by atoms with E-state index in [1.54, 1.807) is 12.4 Å². The van der Waals surface area contributed by atoms with Gasteiger partial charge in [0.1, 0.15) is 0 Å². The number of fused-ring (bicyclic) bond motifs is 1. The van der Waals surface area contributed by atoms with Crippen molar-refractivity contribution in [3.8, 4) is 0 Å². The highest BCUT2D eigenvalue weighted by Gasteiger charge is 2.18. The first-order valence-corrected chi connectivity index (χ1v) is 5.59. The second-order valence-corrected chi connectivity index (χ2v) is 4.51. The maximum atomic E-state index is 11.7. The van der Waals surface area contributed by atoms with E-state index in [1.165, 1.54) is 0 Å². The number of halogens is 1. The van der Waals surface area contributed by atoms with Crippen LogP contribution in [-0.4, -0.2) is 10.9 Å². The van der Waals surface area contributed by atoms with Crippen LogP contribution in [0.2, 0.25) is 0 Å². The van der Waals surface area contributed by atoms with Crippen LogP contribution in [0.1, 0.15) is 35.3 Å². The van der Waals surface area contributed by atoms with Crippen LogP contribution in [-0.2, 0) is 0 Å². The minimum absolute atomic E-state index is 0.0957. The molecule has 0 aliphatic carbocycles. The third kappa shape index (κ3) is 2.09. The Kier molecular flexibility index (Phi) is 2.86. The summed E-state index contributed by atoms with van der Waals surface area (Å²) in [6.07, 6.45) is 6.27. The minimum Gasteiger partial charge on any atom is -0.329 e. The Labute approximate surface area is 96.7 Å². The van der Waals surface area contributed by atoms with Gasteiger partial charge in [-0.3, -0.25) is 9.78 Å². The molecular formula is C11H11BrN2O. The van der Waals surface area contributed by atoms with Crippen LogP contribution in [0.15, 0.2) is 29.0 Å². The van der Waals surface area contributed by atoms with Crippen LogP contribution >= 0.6 is 15.9 Å². The zero-order valence-electron chi connectivity index (χ0n) is 8.33. The molecule has 0 bridgehead atoms. The summed E-state index contributed by atoms with van der Waals surface area (Å²) in [5.41, 5.74) is 1.52. The van der Waals surface area contributed by atoms with Crippen molar-refractivity contribution in [1.82, 2.24) is 10.3 Å². The van der Waals surface area contributed by atoms with Crippen molar-refractivity contribution in [2.24, 2.45) is 0 Å². The Bertz CT molecular complexity index is 429. The Morgan fingerprint density at radius 3 is 3.20 bits per heavy atom. The van der Waals surface area contributed by atoms with E-state index in [4.69, 9.17) is 0 Å². The number of nitrogens with one attached hydrogen (secondary N) is 1. The highest BCUT2D eigenvalue weighted by molar-refractivity contribution is 9.10. The summed E-state index contributed by atoms with van der Waals surface area (Å²) >= 11 is 3.32. The van der Waals surface area contributed by atoms with Crippen LogP contribution < -0.4 is 5.32 Å². The van der Waals surface area contributed by atoms with Crippen molar-refractivity contribution < 1.29 is 4.79 Å². The number of hydrogen-bond donors (Lipinski definition) is 1. The highest BCUT2D eigenvalue weighted by atomic mass is 79.9. The molecule has 3 nitrogen and oxygen atoms in total.